The van der Waals surface area contributed by atoms with Crippen LogP contribution < -0.4 is 0 Å². The van der Waals surface area contributed by atoms with Gasteiger partial charge >= 0.3 is 11.9 Å². The van der Waals surface area contributed by atoms with Crippen LogP contribution in [0.15, 0.2) is 0 Å². The highest BCUT2D eigenvalue weighted by atomic mass is 16.6. The minimum atomic E-state index is -0.855. The van der Waals surface area contributed by atoms with Crippen molar-refractivity contribution < 1.29 is 47.9 Å². The Kier molecular flexibility index (Phi) is 26.9. The highest BCUT2D eigenvalue weighted by Gasteiger charge is 2.04. The van der Waals surface area contributed by atoms with E-state index in [1.54, 1.807) is 0 Å². The first-order chi connectivity index (χ1) is 16.7. The van der Waals surface area contributed by atoms with Crippen LogP contribution in [0, 0.1) is 0 Å². The first kappa shape index (κ1) is 32.7. The predicted octanol–water partition coefficient (Wildman–Crippen LogP) is 2.85. The zero-order valence-corrected chi connectivity index (χ0v) is 21.0. The molecule has 10 heteroatoms. The molecule has 34 heavy (non-hydrogen) atoms. The van der Waals surface area contributed by atoms with Crippen molar-refractivity contribution in [1.82, 2.24) is 0 Å². The monoisotopic (exact) mass is 494 g/mol. The molecule has 0 rings (SSSR count). The van der Waals surface area contributed by atoms with E-state index in [2.05, 4.69) is 6.92 Å². The maximum Gasteiger partial charge on any atom is 0.305 e. The van der Waals surface area contributed by atoms with Crippen molar-refractivity contribution in [2.24, 2.45) is 0 Å². The number of carbonyl (C=O) groups is 2. The van der Waals surface area contributed by atoms with E-state index in [9.17, 15) is 9.59 Å². The molecule has 0 aromatic carbocycles. The number of carboxylic acids is 1. The standard InChI is InChI=1S/C24H46O10/c1-2-3-4-7-10-28-11-12-29-13-14-30-15-16-31-17-18-32-19-20-33-21-22-34-24(27)9-6-5-8-23(25)26/h2-22H2,1H3,(H,25,26). The van der Waals surface area contributed by atoms with Crippen LogP contribution in [-0.2, 0) is 42.7 Å². The second kappa shape index (κ2) is 27.9. The summed E-state index contributed by atoms with van der Waals surface area (Å²) < 4.78 is 37.5. The van der Waals surface area contributed by atoms with Crippen LogP contribution in [-0.4, -0.2) is 103 Å². The van der Waals surface area contributed by atoms with Crippen molar-refractivity contribution >= 4 is 11.9 Å². The van der Waals surface area contributed by atoms with Crippen molar-refractivity contribution in [3.8, 4) is 0 Å². The minimum absolute atomic E-state index is 0.0700. The van der Waals surface area contributed by atoms with Gasteiger partial charge in [0.2, 0.25) is 0 Å². The molecule has 0 unspecified atom stereocenters. The molecule has 0 fully saturated rings. The highest BCUT2D eigenvalue weighted by molar-refractivity contribution is 5.69. The Morgan fingerprint density at radius 1 is 0.500 bits per heavy atom. The Morgan fingerprint density at radius 3 is 1.35 bits per heavy atom. The van der Waals surface area contributed by atoms with E-state index in [1.165, 1.54) is 19.3 Å². The molecule has 0 aliphatic carbocycles. The van der Waals surface area contributed by atoms with Crippen molar-refractivity contribution in [3.63, 3.8) is 0 Å². The summed E-state index contributed by atoms with van der Waals surface area (Å²) in [6.07, 6.45) is 6.14. The Labute approximate surface area is 204 Å². The number of hydrogen-bond acceptors (Lipinski definition) is 9. The van der Waals surface area contributed by atoms with E-state index in [1.807, 2.05) is 0 Å². The predicted molar refractivity (Wildman–Crippen MR) is 126 cm³/mol. The highest BCUT2D eigenvalue weighted by Crippen LogP contribution is 2.01. The molecule has 0 saturated heterocycles. The first-order valence-corrected chi connectivity index (χ1v) is 12.5. The molecule has 0 heterocycles. The number of carbonyl (C=O) groups excluding carboxylic acids is 1. The fraction of sp³-hybridized carbons (Fsp3) is 0.917. The number of unbranched alkanes of at least 4 members (excludes halogenated alkanes) is 4. The normalized spacial score (nSPS) is 11.1. The first-order valence-electron chi connectivity index (χ1n) is 12.5. The maximum absolute atomic E-state index is 11.4. The molecule has 0 atom stereocenters. The summed E-state index contributed by atoms with van der Waals surface area (Å²) in [7, 11) is 0. The molecule has 1 N–H and O–H groups in total. The topological polar surface area (TPSA) is 119 Å². The number of aliphatic carboxylic acids is 1. The summed E-state index contributed by atoms with van der Waals surface area (Å²) in [5.41, 5.74) is 0. The summed E-state index contributed by atoms with van der Waals surface area (Å²) in [5.74, 6) is -1.19. The number of ether oxygens (including phenoxy) is 7. The van der Waals surface area contributed by atoms with Crippen molar-refractivity contribution in [3.05, 3.63) is 0 Å². The van der Waals surface area contributed by atoms with E-state index in [0.29, 0.717) is 85.5 Å². The average molecular weight is 495 g/mol. The average Bonchev–Trinajstić information content (AvgIpc) is 2.82. The summed E-state index contributed by atoms with van der Waals surface area (Å²) in [5, 5.41) is 8.51. The van der Waals surface area contributed by atoms with Crippen LogP contribution in [0.3, 0.4) is 0 Å². The lowest BCUT2D eigenvalue weighted by atomic mass is 10.2. The molecule has 0 aliphatic rings. The molecule has 0 spiro atoms. The molecule has 0 saturated carbocycles. The molecule has 10 nitrogen and oxygen atoms in total. The molecule has 0 amide bonds. The van der Waals surface area contributed by atoms with E-state index < -0.39 is 5.97 Å². The number of rotatable bonds is 28. The van der Waals surface area contributed by atoms with Gasteiger partial charge in [0.25, 0.3) is 0 Å². The summed E-state index contributed by atoms with van der Waals surface area (Å²) in [4.78, 5) is 21.8. The lowest BCUT2D eigenvalue weighted by Gasteiger charge is -2.08. The number of esters is 1. The third kappa shape index (κ3) is 28.7. The Morgan fingerprint density at radius 2 is 0.912 bits per heavy atom. The van der Waals surface area contributed by atoms with Crippen molar-refractivity contribution in [1.29, 1.82) is 0 Å². The van der Waals surface area contributed by atoms with Gasteiger partial charge in [-0.3, -0.25) is 9.59 Å². The molecule has 0 aromatic rings. The lowest BCUT2D eigenvalue weighted by molar-refractivity contribution is -0.146. The van der Waals surface area contributed by atoms with E-state index in [-0.39, 0.29) is 25.4 Å². The van der Waals surface area contributed by atoms with Gasteiger partial charge in [0.1, 0.15) is 6.61 Å². The fourth-order valence-corrected chi connectivity index (χ4v) is 2.66. The third-order valence-corrected chi connectivity index (χ3v) is 4.51. The summed E-state index contributed by atoms with van der Waals surface area (Å²) in [6.45, 7) is 8.60. The van der Waals surface area contributed by atoms with Gasteiger partial charge in [-0.2, -0.15) is 0 Å². The molecular formula is C24H46O10. The van der Waals surface area contributed by atoms with Crippen molar-refractivity contribution in [2.45, 2.75) is 58.3 Å². The van der Waals surface area contributed by atoms with Crippen LogP contribution in [0.4, 0.5) is 0 Å². The summed E-state index contributed by atoms with van der Waals surface area (Å²) in [6, 6.07) is 0. The van der Waals surface area contributed by atoms with E-state index in [0.717, 1.165) is 13.0 Å². The lowest BCUT2D eigenvalue weighted by Crippen LogP contribution is -2.15. The maximum atomic E-state index is 11.4. The van der Waals surface area contributed by atoms with Gasteiger partial charge in [-0.1, -0.05) is 26.2 Å². The van der Waals surface area contributed by atoms with Crippen LogP contribution in [0.25, 0.3) is 0 Å². The minimum Gasteiger partial charge on any atom is -0.481 e. The molecule has 0 bridgehead atoms. The Hall–Kier alpha value is -1.30. The zero-order valence-electron chi connectivity index (χ0n) is 21.0. The number of carboxylic acid groups (broad SMARTS) is 1. The molecule has 0 radical (unpaired) electrons. The zero-order chi connectivity index (χ0) is 25.0. The van der Waals surface area contributed by atoms with Gasteiger partial charge < -0.3 is 38.3 Å². The quantitative estimate of drug-likeness (QED) is 0.128. The van der Waals surface area contributed by atoms with Crippen LogP contribution in [0.2, 0.25) is 0 Å². The Bertz CT molecular complexity index is 447. The van der Waals surface area contributed by atoms with E-state index in [4.69, 9.17) is 38.3 Å². The van der Waals surface area contributed by atoms with Gasteiger partial charge in [0.05, 0.1) is 72.7 Å². The number of hydrogen-bond donors (Lipinski definition) is 1. The summed E-state index contributed by atoms with van der Waals surface area (Å²) >= 11 is 0. The van der Waals surface area contributed by atoms with E-state index >= 15 is 0 Å². The largest absolute Gasteiger partial charge is 0.481 e. The van der Waals surface area contributed by atoms with Gasteiger partial charge in [-0.15, -0.1) is 0 Å². The van der Waals surface area contributed by atoms with Crippen LogP contribution >= 0.6 is 0 Å². The third-order valence-electron chi connectivity index (χ3n) is 4.51. The molecule has 202 valence electrons. The fourth-order valence-electron chi connectivity index (χ4n) is 2.66. The smallest absolute Gasteiger partial charge is 0.305 e. The van der Waals surface area contributed by atoms with Crippen molar-refractivity contribution in [2.75, 3.05) is 85.9 Å². The van der Waals surface area contributed by atoms with Crippen LogP contribution in [0.5, 0.6) is 0 Å². The molecular weight excluding hydrogens is 448 g/mol. The molecule has 0 aromatic heterocycles. The van der Waals surface area contributed by atoms with Gasteiger partial charge in [-0.25, -0.2) is 0 Å². The van der Waals surface area contributed by atoms with Gasteiger partial charge in [0.15, 0.2) is 0 Å². The second-order valence-corrected chi connectivity index (χ2v) is 7.56. The van der Waals surface area contributed by atoms with Gasteiger partial charge in [-0.05, 0) is 19.3 Å². The SMILES string of the molecule is CCCCCCOCCOCCOCCOCCOCCOCCOC(=O)CCCCC(=O)O. The second-order valence-electron chi connectivity index (χ2n) is 7.56. The Balaban J connectivity index is 3.10. The van der Waals surface area contributed by atoms with Crippen LogP contribution in [0.1, 0.15) is 58.3 Å². The van der Waals surface area contributed by atoms with Gasteiger partial charge in [0, 0.05) is 19.4 Å². The molecule has 0 aliphatic heterocycles.